The van der Waals surface area contributed by atoms with E-state index in [-0.39, 0.29) is 0 Å². The van der Waals surface area contributed by atoms with Gasteiger partial charge in [0.15, 0.2) is 17.1 Å². The molecule has 7 heteroatoms. The Kier molecular flexibility index (Phi) is 4.02. The van der Waals surface area contributed by atoms with Crippen LogP contribution in [0.25, 0.3) is 17.2 Å². The topological polar surface area (TPSA) is 37.9 Å². The van der Waals surface area contributed by atoms with Gasteiger partial charge in [-0.1, -0.05) is 18.7 Å². The number of hydrogen-bond donors (Lipinski definition) is 1. The number of aromatic nitrogens is 2. The molecule has 1 amide bonds. The zero-order chi connectivity index (χ0) is 15.6. The lowest BCUT2D eigenvalue weighted by molar-refractivity contribution is -0.681. The highest BCUT2D eigenvalue weighted by Gasteiger charge is 2.31. The summed E-state index contributed by atoms with van der Waals surface area (Å²) in [5.74, 6) is -0.690. The molecule has 1 aromatic heterocycles. The Labute approximate surface area is 119 Å². The van der Waals surface area contributed by atoms with E-state index in [1.165, 1.54) is 0 Å². The van der Waals surface area contributed by atoms with Gasteiger partial charge < -0.3 is 5.32 Å². The minimum atomic E-state index is -4.42. The summed E-state index contributed by atoms with van der Waals surface area (Å²) < 4.78 is 39.8. The van der Waals surface area contributed by atoms with E-state index in [4.69, 9.17) is 0 Å². The standard InChI is InChI=1S/C14H14F3N3O/c1-3-19-9-20(12-7-5-4-6-11(12)19)10(2)13(21)18-8-14(15,16)17/h3-7,9-10H,1,8H2,2H3/p+1/t10-/m1/s1. The van der Waals surface area contributed by atoms with Gasteiger partial charge in [-0.05, 0) is 19.1 Å². The monoisotopic (exact) mass is 298 g/mol. The summed E-state index contributed by atoms with van der Waals surface area (Å²) in [4.78, 5) is 11.9. The maximum atomic E-state index is 12.2. The molecular weight excluding hydrogens is 283 g/mol. The second-order valence-electron chi connectivity index (χ2n) is 4.61. The van der Waals surface area contributed by atoms with Crippen LogP contribution < -0.4 is 9.88 Å². The number of nitrogens with one attached hydrogen (secondary N) is 1. The molecule has 1 atom stereocenters. The van der Waals surface area contributed by atoms with Gasteiger partial charge >= 0.3 is 6.18 Å². The maximum absolute atomic E-state index is 12.2. The van der Waals surface area contributed by atoms with Crippen LogP contribution in [-0.4, -0.2) is 23.2 Å². The first-order chi connectivity index (χ1) is 9.83. The largest absolute Gasteiger partial charge is 0.405 e. The van der Waals surface area contributed by atoms with Crippen molar-refractivity contribution in [2.45, 2.75) is 19.1 Å². The van der Waals surface area contributed by atoms with Crippen LogP contribution in [0.2, 0.25) is 0 Å². The van der Waals surface area contributed by atoms with Crippen molar-refractivity contribution in [3.05, 3.63) is 37.2 Å². The number of alkyl halides is 3. The predicted molar refractivity (Wildman–Crippen MR) is 72.3 cm³/mol. The Morgan fingerprint density at radius 3 is 2.76 bits per heavy atom. The number of halogens is 3. The zero-order valence-corrected chi connectivity index (χ0v) is 11.4. The van der Waals surface area contributed by atoms with E-state index in [1.807, 2.05) is 17.4 Å². The molecule has 0 bridgehead atoms. The van der Waals surface area contributed by atoms with E-state index in [2.05, 4.69) is 6.58 Å². The van der Waals surface area contributed by atoms with Crippen molar-refractivity contribution in [2.24, 2.45) is 0 Å². The van der Waals surface area contributed by atoms with E-state index in [9.17, 15) is 18.0 Å². The molecule has 0 aliphatic heterocycles. The summed E-state index contributed by atoms with van der Waals surface area (Å²) in [5.41, 5.74) is 1.56. The lowest BCUT2D eigenvalue weighted by Gasteiger charge is -2.11. The van der Waals surface area contributed by atoms with Gasteiger partial charge in [0.2, 0.25) is 6.33 Å². The first-order valence-electron chi connectivity index (χ1n) is 6.31. The van der Waals surface area contributed by atoms with E-state index >= 15 is 0 Å². The number of para-hydroxylation sites is 2. The van der Waals surface area contributed by atoms with Crippen LogP contribution in [0.4, 0.5) is 13.2 Å². The van der Waals surface area contributed by atoms with Gasteiger partial charge in [-0.2, -0.15) is 13.2 Å². The van der Waals surface area contributed by atoms with E-state index in [0.717, 1.165) is 11.0 Å². The molecule has 1 aromatic carbocycles. The van der Waals surface area contributed by atoms with E-state index < -0.39 is 24.7 Å². The Morgan fingerprint density at radius 2 is 2.14 bits per heavy atom. The zero-order valence-electron chi connectivity index (χ0n) is 11.4. The van der Waals surface area contributed by atoms with Crippen molar-refractivity contribution in [1.82, 2.24) is 9.88 Å². The third-order valence-corrected chi connectivity index (χ3v) is 3.14. The molecule has 0 spiro atoms. The summed E-state index contributed by atoms with van der Waals surface area (Å²) in [5, 5.41) is 1.89. The molecule has 0 radical (unpaired) electrons. The van der Waals surface area contributed by atoms with Gasteiger partial charge in [0, 0.05) is 0 Å². The van der Waals surface area contributed by atoms with Crippen LogP contribution in [0.1, 0.15) is 13.0 Å². The fourth-order valence-corrected chi connectivity index (χ4v) is 2.07. The highest BCUT2D eigenvalue weighted by Crippen LogP contribution is 2.15. The number of benzene rings is 1. The summed E-state index contributed by atoms with van der Waals surface area (Å²) in [7, 11) is 0. The maximum Gasteiger partial charge on any atom is 0.405 e. The second-order valence-corrected chi connectivity index (χ2v) is 4.61. The molecule has 112 valence electrons. The lowest BCUT2D eigenvalue weighted by Crippen LogP contribution is -2.48. The van der Waals surface area contributed by atoms with Gasteiger partial charge in [-0.25, -0.2) is 9.13 Å². The van der Waals surface area contributed by atoms with Gasteiger partial charge in [-0.15, -0.1) is 0 Å². The summed E-state index contributed by atoms with van der Waals surface area (Å²) >= 11 is 0. The van der Waals surface area contributed by atoms with Crippen LogP contribution in [0.5, 0.6) is 0 Å². The van der Waals surface area contributed by atoms with Crippen LogP contribution in [0, 0.1) is 0 Å². The molecule has 1 N–H and O–H groups in total. The Bertz CT molecular complexity index is 676. The van der Waals surface area contributed by atoms with Gasteiger partial charge in [-0.3, -0.25) is 4.79 Å². The highest BCUT2D eigenvalue weighted by molar-refractivity contribution is 5.80. The number of amides is 1. The predicted octanol–water partition coefficient (Wildman–Crippen LogP) is 2.27. The Hall–Kier alpha value is -2.31. The molecule has 0 saturated carbocycles. The molecule has 0 unspecified atom stereocenters. The van der Waals surface area contributed by atoms with E-state index in [1.54, 1.807) is 40.7 Å². The molecule has 4 nitrogen and oxygen atoms in total. The Morgan fingerprint density at radius 1 is 1.48 bits per heavy atom. The molecule has 2 aromatic rings. The Balaban J connectivity index is 2.29. The normalized spacial score (nSPS) is 13.1. The molecule has 0 fully saturated rings. The van der Waals surface area contributed by atoms with Gasteiger partial charge in [0.1, 0.15) is 6.54 Å². The fraction of sp³-hybridized carbons (Fsp3) is 0.286. The minimum Gasteiger partial charge on any atom is -0.343 e. The van der Waals surface area contributed by atoms with Crippen molar-refractivity contribution in [2.75, 3.05) is 6.54 Å². The number of hydrogen-bond acceptors (Lipinski definition) is 1. The number of carbonyl (C=O) groups is 1. The van der Waals surface area contributed by atoms with Crippen LogP contribution in [-0.2, 0) is 4.79 Å². The van der Waals surface area contributed by atoms with E-state index in [0.29, 0.717) is 0 Å². The summed E-state index contributed by atoms with van der Waals surface area (Å²) in [6.07, 6.45) is -1.22. The van der Waals surface area contributed by atoms with Crippen molar-refractivity contribution in [3.63, 3.8) is 0 Å². The average molecular weight is 298 g/mol. The van der Waals surface area contributed by atoms with Crippen molar-refractivity contribution in [3.8, 4) is 0 Å². The first kappa shape index (κ1) is 15.1. The van der Waals surface area contributed by atoms with Crippen molar-refractivity contribution in [1.29, 1.82) is 0 Å². The van der Waals surface area contributed by atoms with Gasteiger partial charge in [0.05, 0.1) is 6.20 Å². The van der Waals surface area contributed by atoms with Crippen molar-refractivity contribution >= 4 is 23.1 Å². The molecule has 2 rings (SSSR count). The molecule has 21 heavy (non-hydrogen) atoms. The molecule has 0 aliphatic carbocycles. The number of rotatable bonds is 4. The van der Waals surface area contributed by atoms with Crippen molar-refractivity contribution < 1.29 is 22.5 Å². The first-order valence-corrected chi connectivity index (χ1v) is 6.31. The minimum absolute atomic E-state index is 0.690. The average Bonchev–Trinajstić information content (AvgIpc) is 2.82. The van der Waals surface area contributed by atoms with Gasteiger partial charge in [0.25, 0.3) is 5.91 Å². The number of carbonyl (C=O) groups excluding carboxylic acids is 1. The highest BCUT2D eigenvalue weighted by atomic mass is 19.4. The number of fused-ring (bicyclic) bond motifs is 1. The second kappa shape index (κ2) is 5.59. The molecule has 1 heterocycles. The molecule has 0 aliphatic rings. The smallest absolute Gasteiger partial charge is 0.343 e. The lowest BCUT2D eigenvalue weighted by atomic mass is 10.2. The quantitative estimate of drug-likeness (QED) is 0.864. The number of imidazole rings is 1. The molecular formula is C14H15F3N3O+. The fourth-order valence-electron chi connectivity index (χ4n) is 2.07. The summed E-state index contributed by atoms with van der Waals surface area (Å²) in [6.45, 7) is 3.88. The molecule has 0 saturated heterocycles. The third kappa shape index (κ3) is 3.24. The van der Waals surface area contributed by atoms with Crippen LogP contribution >= 0.6 is 0 Å². The van der Waals surface area contributed by atoms with Crippen LogP contribution in [0.3, 0.4) is 0 Å². The summed E-state index contributed by atoms with van der Waals surface area (Å²) in [6, 6.07) is 6.50. The van der Waals surface area contributed by atoms with Crippen LogP contribution in [0.15, 0.2) is 37.2 Å². The third-order valence-electron chi connectivity index (χ3n) is 3.14. The number of nitrogens with zero attached hydrogens (tertiary/aromatic N) is 2. The SMILES string of the molecule is C=Cn1c[n+]([C@H](C)C(=O)NCC(F)(F)F)c2ccccc21.